The first-order chi connectivity index (χ1) is 7.34. The van der Waals surface area contributed by atoms with Gasteiger partial charge in [0.2, 0.25) is 0 Å². The molecule has 84 valence electrons. The lowest BCUT2D eigenvalue weighted by molar-refractivity contribution is -0.0864. The SMILES string of the molecule is Brc1cc(CNCC2COCCO2)cs1. The molecule has 1 aromatic rings. The lowest BCUT2D eigenvalue weighted by Gasteiger charge is -2.23. The van der Waals surface area contributed by atoms with Crippen LogP contribution in [-0.4, -0.2) is 32.5 Å². The number of ether oxygens (including phenoxy) is 2. The number of nitrogens with one attached hydrogen (secondary N) is 1. The molecule has 1 unspecified atom stereocenters. The van der Waals surface area contributed by atoms with Gasteiger partial charge in [0.15, 0.2) is 0 Å². The molecule has 0 radical (unpaired) electrons. The zero-order valence-electron chi connectivity index (χ0n) is 8.37. The molecule has 0 saturated carbocycles. The summed E-state index contributed by atoms with van der Waals surface area (Å²) >= 11 is 5.16. The summed E-state index contributed by atoms with van der Waals surface area (Å²) in [7, 11) is 0. The average Bonchev–Trinajstić information content (AvgIpc) is 2.66. The Morgan fingerprint density at radius 3 is 3.13 bits per heavy atom. The third-order valence-electron chi connectivity index (χ3n) is 2.21. The minimum atomic E-state index is 0.209. The molecular formula is C10H14BrNO2S. The van der Waals surface area contributed by atoms with Gasteiger partial charge in [0.25, 0.3) is 0 Å². The van der Waals surface area contributed by atoms with Gasteiger partial charge in [-0.25, -0.2) is 0 Å². The molecule has 0 spiro atoms. The number of rotatable bonds is 4. The number of halogens is 1. The second-order valence-corrected chi connectivity index (χ2v) is 5.75. The van der Waals surface area contributed by atoms with Crippen LogP contribution in [0.5, 0.6) is 0 Å². The molecule has 1 aliphatic heterocycles. The number of hydrogen-bond donors (Lipinski definition) is 1. The Balaban J connectivity index is 1.65. The van der Waals surface area contributed by atoms with Crippen LogP contribution in [0, 0.1) is 0 Å². The fraction of sp³-hybridized carbons (Fsp3) is 0.600. The van der Waals surface area contributed by atoms with E-state index < -0.39 is 0 Å². The van der Waals surface area contributed by atoms with Crippen LogP contribution in [0.4, 0.5) is 0 Å². The van der Waals surface area contributed by atoms with E-state index in [1.54, 1.807) is 11.3 Å². The van der Waals surface area contributed by atoms with Crippen molar-refractivity contribution < 1.29 is 9.47 Å². The van der Waals surface area contributed by atoms with Crippen LogP contribution in [0.15, 0.2) is 15.2 Å². The molecule has 2 rings (SSSR count). The van der Waals surface area contributed by atoms with Crippen molar-refractivity contribution in [3.8, 4) is 0 Å². The molecule has 3 nitrogen and oxygen atoms in total. The molecule has 0 aliphatic carbocycles. The van der Waals surface area contributed by atoms with E-state index in [1.165, 1.54) is 9.35 Å². The Morgan fingerprint density at radius 2 is 2.47 bits per heavy atom. The maximum absolute atomic E-state index is 5.53. The number of hydrogen-bond acceptors (Lipinski definition) is 4. The van der Waals surface area contributed by atoms with E-state index in [0.29, 0.717) is 6.61 Å². The van der Waals surface area contributed by atoms with Gasteiger partial charge in [0, 0.05) is 13.1 Å². The minimum Gasteiger partial charge on any atom is -0.376 e. The summed E-state index contributed by atoms with van der Waals surface area (Å²) in [5.74, 6) is 0. The van der Waals surface area contributed by atoms with E-state index in [2.05, 4.69) is 32.7 Å². The van der Waals surface area contributed by atoms with E-state index >= 15 is 0 Å². The lowest BCUT2D eigenvalue weighted by Crippen LogP contribution is -2.37. The first-order valence-corrected chi connectivity index (χ1v) is 6.65. The summed E-state index contributed by atoms with van der Waals surface area (Å²) < 4.78 is 12.0. The molecule has 1 N–H and O–H groups in total. The summed E-state index contributed by atoms with van der Waals surface area (Å²) in [5.41, 5.74) is 1.31. The highest BCUT2D eigenvalue weighted by atomic mass is 79.9. The van der Waals surface area contributed by atoms with E-state index in [-0.39, 0.29) is 6.10 Å². The third kappa shape index (κ3) is 3.85. The fourth-order valence-corrected chi connectivity index (χ4v) is 2.68. The van der Waals surface area contributed by atoms with Gasteiger partial charge in [-0.3, -0.25) is 0 Å². The summed E-state index contributed by atoms with van der Waals surface area (Å²) in [6.45, 7) is 3.90. The summed E-state index contributed by atoms with van der Waals surface area (Å²) in [6.07, 6.45) is 0.209. The van der Waals surface area contributed by atoms with Crippen molar-refractivity contribution in [1.82, 2.24) is 5.32 Å². The Labute approximate surface area is 102 Å². The van der Waals surface area contributed by atoms with Gasteiger partial charge in [-0.15, -0.1) is 11.3 Å². The molecule has 1 saturated heterocycles. The summed E-state index contributed by atoms with van der Waals surface area (Å²) in [6, 6.07) is 2.13. The molecule has 0 aromatic carbocycles. The van der Waals surface area contributed by atoms with Crippen molar-refractivity contribution in [1.29, 1.82) is 0 Å². The first-order valence-electron chi connectivity index (χ1n) is 4.97. The Morgan fingerprint density at radius 1 is 1.53 bits per heavy atom. The Kier molecular flexibility index (Phi) is 4.59. The van der Waals surface area contributed by atoms with Crippen molar-refractivity contribution in [2.45, 2.75) is 12.6 Å². The highest BCUT2D eigenvalue weighted by molar-refractivity contribution is 9.11. The topological polar surface area (TPSA) is 30.5 Å². The first kappa shape index (κ1) is 11.5. The predicted octanol–water partition coefficient (Wildman–Crippen LogP) is 2.02. The smallest absolute Gasteiger partial charge is 0.0933 e. The standard InChI is InChI=1S/C10H14BrNO2S/c11-10-3-8(7-15-10)4-12-5-9-6-13-1-2-14-9/h3,7,9,12H,1-2,4-6H2. The molecule has 1 aromatic heterocycles. The van der Waals surface area contributed by atoms with Gasteiger partial charge in [-0.1, -0.05) is 0 Å². The van der Waals surface area contributed by atoms with E-state index in [0.717, 1.165) is 26.3 Å². The van der Waals surface area contributed by atoms with E-state index in [9.17, 15) is 0 Å². The van der Waals surface area contributed by atoms with E-state index in [4.69, 9.17) is 9.47 Å². The third-order valence-corrected chi connectivity index (χ3v) is 3.76. The highest BCUT2D eigenvalue weighted by Crippen LogP contribution is 2.20. The molecule has 2 heterocycles. The van der Waals surface area contributed by atoms with Crippen LogP contribution in [0.3, 0.4) is 0 Å². The van der Waals surface area contributed by atoms with Gasteiger partial charge < -0.3 is 14.8 Å². The largest absolute Gasteiger partial charge is 0.376 e. The Bertz CT molecular complexity index is 299. The van der Waals surface area contributed by atoms with Crippen molar-refractivity contribution in [3.05, 3.63) is 20.8 Å². The molecule has 1 atom stereocenters. The minimum absolute atomic E-state index is 0.209. The lowest BCUT2D eigenvalue weighted by atomic mass is 10.3. The van der Waals surface area contributed by atoms with Gasteiger partial charge in [-0.2, -0.15) is 0 Å². The molecule has 0 bridgehead atoms. The summed E-state index contributed by atoms with van der Waals surface area (Å²) in [5, 5.41) is 5.51. The highest BCUT2D eigenvalue weighted by Gasteiger charge is 2.13. The maximum atomic E-state index is 5.53. The van der Waals surface area contributed by atoms with Crippen LogP contribution in [0.25, 0.3) is 0 Å². The second kappa shape index (κ2) is 5.96. The second-order valence-electron chi connectivity index (χ2n) is 3.46. The van der Waals surface area contributed by atoms with Gasteiger partial charge in [0.1, 0.15) is 0 Å². The summed E-state index contributed by atoms with van der Waals surface area (Å²) in [4.78, 5) is 0. The predicted molar refractivity (Wildman–Crippen MR) is 64.3 cm³/mol. The molecule has 15 heavy (non-hydrogen) atoms. The van der Waals surface area contributed by atoms with Crippen LogP contribution < -0.4 is 5.32 Å². The van der Waals surface area contributed by atoms with Crippen LogP contribution in [-0.2, 0) is 16.0 Å². The van der Waals surface area contributed by atoms with Gasteiger partial charge in [0.05, 0.1) is 29.7 Å². The van der Waals surface area contributed by atoms with Crippen molar-refractivity contribution in [3.63, 3.8) is 0 Å². The van der Waals surface area contributed by atoms with Crippen molar-refractivity contribution in [2.24, 2.45) is 0 Å². The zero-order valence-corrected chi connectivity index (χ0v) is 10.8. The molecular weight excluding hydrogens is 278 g/mol. The normalized spacial score (nSPS) is 21.8. The monoisotopic (exact) mass is 291 g/mol. The average molecular weight is 292 g/mol. The number of thiophene rings is 1. The van der Waals surface area contributed by atoms with Crippen LogP contribution >= 0.6 is 27.3 Å². The molecule has 5 heteroatoms. The Hall–Kier alpha value is 0.0600. The van der Waals surface area contributed by atoms with Crippen LogP contribution in [0.2, 0.25) is 0 Å². The van der Waals surface area contributed by atoms with Gasteiger partial charge in [-0.05, 0) is 32.9 Å². The van der Waals surface area contributed by atoms with Crippen molar-refractivity contribution >= 4 is 27.3 Å². The van der Waals surface area contributed by atoms with Gasteiger partial charge >= 0.3 is 0 Å². The van der Waals surface area contributed by atoms with E-state index in [1.807, 2.05) is 0 Å². The molecule has 1 aliphatic rings. The maximum Gasteiger partial charge on any atom is 0.0933 e. The quantitative estimate of drug-likeness (QED) is 0.921. The van der Waals surface area contributed by atoms with Crippen molar-refractivity contribution in [2.75, 3.05) is 26.4 Å². The zero-order chi connectivity index (χ0) is 10.5. The van der Waals surface area contributed by atoms with Crippen LogP contribution in [0.1, 0.15) is 5.56 Å². The fourth-order valence-electron chi connectivity index (χ4n) is 1.47. The molecule has 1 fully saturated rings. The molecule has 0 amide bonds.